The molecule has 0 amide bonds. The highest BCUT2D eigenvalue weighted by molar-refractivity contribution is 6.25. The van der Waals surface area contributed by atoms with Crippen molar-refractivity contribution >= 4 is 65.7 Å². The molecule has 0 radical (unpaired) electrons. The van der Waals surface area contributed by atoms with E-state index in [1.807, 2.05) is 24.3 Å². The lowest BCUT2D eigenvalue weighted by Gasteiger charge is -2.11. The highest BCUT2D eigenvalue weighted by atomic mass is 14.9. The topological polar surface area (TPSA) is 77.3 Å². The lowest BCUT2D eigenvalue weighted by atomic mass is 10.0. The molecule has 0 saturated heterocycles. The number of hydrogen-bond donors (Lipinski definition) is 0. The van der Waals surface area contributed by atoms with Crippen LogP contribution in [0.4, 0.5) is 0 Å². The molecule has 5 heterocycles. The average molecular weight is 384 g/mol. The maximum Gasteiger partial charge on any atom is 0.118 e. The van der Waals surface area contributed by atoms with Gasteiger partial charge in [-0.15, -0.1) is 0 Å². The molecule has 7 rings (SSSR count). The summed E-state index contributed by atoms with van der Waals surface area (Å²) in [6, 6.07) is 15.9. The number of benzene rings is 2. The summed E-state index contributed by atoms with van der Waals surface area (Å²) < 4.78 is 0. The average Bonchev–Trinajstić information content (AvgIpc) is 2.83. The van der Waals surface area contributed by atoms with Gasteiger partial charge in [-0.05, 0) is 24.3 Å². The molecule has 0 aliphatic rings. The van der Waals surface area contributed by atoms with Crippen LogP contribution in [0.25, 0.3) is 65.7 Å². The summed E-state index contributed by atoms with van der Waals surface area (Å²) in [5, 5.41) is 4.05. The van der Waals surface area contributed by atoms with E-state index < -0.39 is 0 Å². The second-order valence-corrected chi connectivity index (χ2v) is 7.22. The molecule has 30 heavy (non-hydrogen) atoms. The Bertz CT molecular complexity index is 1550. The van der Waals surface area contributed by atoms with Crippen LogP contribution in [0.5, 0.6) is 0 Å². The minimum atomic E-state index is 0.728. The summed E-state index contributed by atoms with van der Waals surface area (Å²) in [7, 11) is 0. The number of hydrogen-bond acceptors (Lipinski definition) is 6. The fourth-order valence-electron chi connectivity index (χ4n) is 4.34. The van der Waals surface area contributed by atoms with Gasteiger partial charge in [0.15, 0.2) is 0 Å². The van der Waals surface area contributed by atoms with Crippen LogP contribution in [0.3, 0.4) is 0 Å². The van der Waals surface area contributed by atoms with Gasteiger partial charge in [-0.25, -0.2) is 9.97 Å². The molecule has 6 heteroatoms. The molecule has 0 aliphatic carbocycles. The second kappa shape index (κ2) is 5.61. The molecule has 7 aromatic rings. The van der Waals surface area contributed by atoms with E-state index in [1.54, 1.807) is 24.8 Å². The van der Waals surface area contributed by atoms with Crippen LogP contribution in [-0.4, -0.2) is 29.9 Å². The van der Waals surface area contributed by atoms with Gasteiger partial charge in [-0.1, -0.05) is 24.3 Å². The van der Waals surface area contributed by atoms with Crippen LogP contribution in [0, 0.1) is 0 Å². The van der Waals surface area contributed by atoms with Gasteiger partial charge in [0.1, 0.15) is 22.1 Å². The Labute approximate surface area is 169 Å². The van der Waals surface area contributed by atoms with Gasteiger partial charge in [-0.3, -0.25) is 19.9 Å². The van der Waals surface area contributed by atoms with Gasteiger partial charge in [-0.2, -0.15) is 0 Å². The highest BCUT2D eigenvalue weighted by Gasteiger charge is 2.18. The van der Waals surface area contributed by atoms with Crippen LogP contribution in [-0.2, 0) is 0 Å². The quantitative estimate of drug-likeness (QED) is 0.271. The summed E-state index contributed by atoms with van der Waals surface area (Å²) in [4.78, 5) is 28.7. The zero-order valence-corrected chi connectivity index (χ0v) is 15.6. The van der Waals surface area contributed by atoms with Crippen LogP contribution in [0.2, 0.25) is 0 Å². The Morgan fingerprint density at radius 2 is 0.600 bits per heavy atom. The highest BCUT2D eigenvalue weighted by Crippen LogP contribution is 2.35. The largest absolute Gasteiger partial charge is 0.254 e. The predicted octanol–water partition coefficient (Wildman–Crippen LogP) is 4.98. The van der Waals surface area contributed by atoms with Gasteiger partial charge in [0.2, 0.25) is 0 Å². The first kappa shape index (κ1) is 15.6. The van der Waals surface area contributed by atoms with E-state index in [2.05, 4.69) is 44.2 Å². The van der Waals surface area contributed by atoms with Gasteiger partial charge < -0.3 is 0 Å². The monoisotopic (exact) mass is 384 g/mol. The number of nitrogens with zero attached hydrogens (tertiary/aromatic N) is 6. The summed E-state index contributed by atoms with van der Waals surface area (Å²) in [5.41, 5.74) is 6.16. The summed E-state index contributed by atoms with van der Waals surface area (Å²) in [6.07, 6.45) is 7.14. The molecule has 0 saturated carbocycles. The normalized spacial score (nSPS) is 12.0. The third-order valence-electron chi connectivity index (χ3n) is 5.60. The lowest BCUT2D eigenvalue weighted by Crippen LogP contribution is -1.97. The van der Waals surface area contributed by atoms with E-state index in [1.165, 1.54) is 0 Å². The molecular formula is C24H12N6. The van der Waals surface area contributed by atoms with Gasteiger partial charge in [0, 0.05) is 46.3 Å². The molecule has 0 bridgehead atoms. The molecule has 0 N–H and O–H groups in total. The van der Waals surface area contributed by atoms with Crippen molar-refractivity contribution in [3.63, 3.8) is 0 Å². The Balaban J connectivity index is 1.86. The molecule has 0 aliphatic heterocycles. The molecule has 138 valence electrons. The molecule has 0 unspecified atom stereocenters. The van der Waals surface area contributed by atoms with Crippen molar-refractivity contribution in [3.05, 3.63) is 73.3 Å². The summed E-state index contributed by atoms with van der Waals surface area (Å²) >= 11 is 0. The Morgan fingerprint density at radius 3 is 0.867 bits per heavy atom. The van der Waals surface area contributed by atoms with Crippen molar-refractivity contribution in [1.29, 1.82) is 0 Å². The van der Waals surface area contributed by atoms with E-state index in [0.29, 0.717) is 0 Å². The fraction of sp³-hybridized carbons (Fsp3) is 0. The SMILES string of the molecule is c1cnc2c(c1)c1cccnc1c1nc3c4ncccc4c4cccnc4c3nc21. The minimum absolute atomic E-state index is 0.728. The Hall–Kier alpha value is -4.32. The number of fused-ring (bicyclic) bond motifs is 12. The molecule has 2 aromatic carbocycles. The van der Waals surface area contributed by atoms with E-state index in [9.17, 15) is 0 Å². The molecule has 6 nitrogen and oxygen atoms in total. The van der Waals surface area contributed by atoms with Crippen LogP contribution in [0.1, 0.15) is 0 Å². The van der Waals surface area contributed by atoms with E-state index >= 15 is 0 Å². The van der Waals surface area contributed by atoms with Crippen LogP contribution < -0.4 is 0 Å². The number of pyridine rings is 4. The zero-order valence-electron chi connectivity index (χ0n) is 15.6. The molecule has 0 atom stereocenters. The third kappa shape index (κ3) is 1.92. The van der Waals surface area contributed by atoms with Crippen molar-refractivity contribution in [2.75, 3.05) is 0 Å². The van der Waals surface area contributed by atoms with Crippen molar-refractivity contribution in [2.24, 2.45) is 0 Å². The van der Waals surface area contributed by atoms with E-state index in [0.717, 1.165) is 65.7 Å². The van der Waals surface area contributed by atoms with Gasteiger partial charge in [0.05, 0.1) is 22.1 Å². The molecule has 0 fully saturated rings. The Morgan fingerprint density at radius 1 is 0.333 bits per heavy atom. The fourth-order valence-corrected chi connectivity index (χ4v) is 4.34. The predicted molar refractivity (Wildman–Crippen MR) is 118 cm³/mol. The molecular weight excluding hydrogens is 372 g/mol. The number of rotatable bonds is 0. The van der Waals surface area contributed by atoms with Crippen LogP contribution in [0.15, 0.2) is 73.3 Å². The first-order chi connectivity index (χ1) is 14.9. The smallest absolute Gasteiger partial charge is 0.118 e. The minimum Gasteiger partial charge on any atom is -0.254 e. The van der Waals surface area contributed by atoms with Gasteiger partial charge >= 0.3 is 0 Å². The summed E-state index contributed by atoms with van der Waals surface area (Å²) in [6.45, 7) is 0. The maximum absolute atomic E-state index is 5.07. The molecule has 0 spiro atoms. The van der Waals surface area contributed by atoms with Crippen molar-refractivity contribution in [2.45, 2.75) is 0 Å². The third-order valence-corrected chi connectivity index (χ3v) is 5.60. The van der Waals surface area contributed by atoms with E-state index in [4.69, 9.17) is 9.97 Å². The zero-order chi connectivity index (χ0) is 19.7. The van der Waals surface area contributed by atoms with Crippen LogP contribution >= 0.6 is 0 Å². The van der Waals surface area contributed by atoms with Gasteiger partial charge in [0.25, 0.3) is 0 Å². The summed E-state index contributed by atoms with van der Waals surface area (Å²) in [5.74, 6) is 0. The lowest BCUT2D eigenvalue weighted by molar-refractivity contribution is 1.34. The molecule has 5 aromatic heterocycles. The first-order valence-corrected chi connectivity index (χ1v) is 9.64. The van der Waals surface area contributed by atoms with Crippen molar-refractivity contribution in [3.8, 4) is 0 Å². The maximum atomic E-state index is 5.07. The van der Waals surface area contributed by atoms with Crippen molar-refractivity contribution in [1.82, 2.24) is 29.9 Å². The Kier molecular flexibility index (Phi) is 2.91. The van der Waals surface area contributed by atoms with E-state index in [-0.39, 0.29) is 0 Å². The van der Waals surface area contributed by atoms with Crippen molar-refractivity contribution < 1.29 is 0 Å². The second-order valence-electron chi connectivity index (χ2n) is 7.22. The standard InChI is InChI=1S/C24H12N6/c1-5-13-14-6-2-10-26-18(14)22-21(17(13)25-9-1)29-23-19-15(7-3-11-27-19)16-8-4-12-28-20(16)24(23)30-22/h1-12H. The first-order valence-electron chi connectivity index (χ1n) is 9.64. The number of aromatic nitrogens is 6.